The Kier molecular flexibility index (Phi) is 11.4. The smallest absolute Gasteiger partial charge is 0.210 e. The molecule has 0 radical (unpaired) electrons. The van der Waals surface area contributed by atoms with Crippen LogP contribution in [0, 0.1) is 74.8 Å². The highest BCUT2D eigenvalue weighted by molar-refractivity contribution is 7.85. The molecule has 2 N–H and O–H groups in total. The van der Waals surface area contributed by atoms with Gasteiger partial charge in [0.05, 0.1) is 11.5 Å². The van der Waals surface area contributed by atoms with Gasteiger partial charge in [0.1, 0.15) is 10.1 Å². The third-order valence-electron chi connectivity index (χ3n) is 11.0. The first-order chi connectivity index (χ1) is 25.2. The summed E-state index contributed by atoms with van der Waals surface area (Å²) in [6, 6.07) is 13.5. The maximum absolute atomic E-state index is 13.0. The van der Waals surface area contributed by atoms with E-state index < -0.39 is 15.0 Å². The van der Waals surface area contributed by atoms with Crippen molar-refractivity contribution in [1.29, 1.82) is 0 Å². The molecule has 4 aromatic carbocycles. The third-order valence-corrected chi connectivity index (χ3v) is 11.9. The van der Waals surface area contributed by atoms with Gasteiger partial charge in [0.15, 0.2) is 5.69 Å². The van der Waals surface area contributed by atoms with Gasteiger partial charge < -0.3 is 9.87 Å². The molecule has 0 aliphatic heterocycles. The molecule has 0 spiro atoms. The van der Waals surface area contributed by atoms with Gasteiger partial charge in [0, 0.05) is 39.7 Å². The molecule has 0 saturated carbocycles. The molecule has 54 heavy (non-hydrogen) atoms. The van der Waals surface area contributed by atoms with Gasteiger partial charge in [-0.2, -0.15) is 0 Å². The molecule has 0 atom stereocenters. The molecule has 280 valence electrons. The third kappa shape index (κ3) is 7.78. The van der Waals surface area contributed by atoms with Crippen molar-refractivity contribution in [2.45, 2.75) is 101 Å². The molecule has 0 aromatic heterocycles. The summed E-state index contributed by atoms with van der Waals surface area (Å²) in [6.45, 7) is 35.4. The average Bonchev–Trinajstić information content (AvgIpc) is 3.10. The van der Waals surface area contributed by atoms with E-state index in [0.29, 0.717) is 22.3 Å². The Bertz CT molecular complexity index is 2490. The number of anilines is 2. The zero-order valence-corrected chi connectivity index (χ0v) is 34.8. The fourth-order valence-corrected chi connectivity index (χ4v) is 8.36. The molecule has 0 amide bonds. The van der Waals surface area contributed by atoms with Gasteiger partial charge in [-0.3, -0.25) is 0 Å². The van der Waals surface area contributed by atoms with Gasteiger partial charge in [0.25, 0.3) is 0 Å². The summed E-state index contributed by atoms with van der Waals surface area (Å²) in [6.07, 6.45) is 6.07. The number of hydrogen-bond acceptors (Lipinski definition) is 4. The number of allylic oxidation sites excluding steroid dienone is 5. The fourth-order valence-electron chi connectivity index (χ4n) is 7.57. The molecule has 0 fully saturated rings. The number of aryl methyl sites for hydroxylation is 5. The summed E-state index contributed by atoms with van der Waals surface area (Å²) in [4.78, 5) is 7.14. The largest absolute Gasteiger partial charge is 0.744 e. The van der Waals surface area contributed by atoms with Gasteiger partial charge in [0.2, 0.25) is 11.4 Å². The van der Waals surface area contributed by atoms with Crippen LogP contribution in [0.1, 0.15) is 100 Å². The molecular weight excluding hydrogens is 687 g/mol. The minimum absolute atomic E-state index is 0.0872. The Morgan fingerprint density at radius 2 is 1.39 bits per heavy atom. The van der Waals surface area contributed by atoms with Crippen LogP contribution < -0.4 is 10.3 Å². The molecule has 4 aromatic rings. The Balaban J connectivity index is 1.85. The first kappa shape index (κ1) is 40.2. The summed E-state index contributed by atoms with van der Waals surface area (Å²) in [7, 11) is -4.97. The van der Waals surface area contributed by atoms with E-state index >= 15 is 0 Å². The lowest BCUT2D eigenvalue weighted by molar-refractivity contribution is -0.353. The molecule has 0 bridgehead atoms. The van der Waals surface area contributed by atoms with Crippen LogP contribution in [-0.2, 0) is 10.1 Å². The topological polar surface area (TPSA) is 87.6 Å². The monoisotopic (exact) mass is 739 g/mol. The highest BCUT2D eigenvalue weighted by atomic mass is 32.2. The standard InChI is InChI=1S/C47H53N3O3S/c1-25(2)38-23-36(15-17-40(38)49-46-30(8)21-28(6)32(10)34(46)12)44(45-42(48-14)19-27(5)20-43(45)54(51,52)53)37-16-18-41(39(24-37)26(3)4)50-47-31(9)22-29(7)33(11)35(47)13/h15-26,49H,1-13H3,(H,51,52,53). The van der Waals surface area contributed by atoms with Crippen LogP contribution in [0.5, 0.6) is 0 Å². The van der Waals surface area contributed by atoms with Crippen LogP contribution in [-0.4, -0.2) is 18.7 Å². The summed E-state index contributed by atoms with van der Waals surface area (Å²) >= 11 is 0. The van der Waals surface area contributed by atoms with Gasteiger partial charge in [-0.25, -0.2) is 18.3 Å². The SMILES string of the molecule is [C-]#[N+]c1cc(C)cc(S(=O)(=O)[O-])c1C(=C1C=CC(=[NH+]c2c(C)cc(C)c(C)c2C)C(C(C)C)=C1)c1ccc(Nc2c(C)cc(C)c(C)c2C)c(C(C)C)c1. The first-order valence-corrected chi connectivity index (χ1v) is 20.0. The second-order valence-corrected chi connectivity index (χ2v) is 16.9. The van der Waals surface area contributed by atoms with Gasteiger partial charge in [-0.05, 0) is 166 Å². The summed E-state index contributed by atoms with van der Waals surface area (Å²) < 4.78 is 39.1. The van der Waals surface area contributed by atoms with E-state index in [0.717, 1.165) is 45.0 Å². The van der Waals surface area contributed by atoms with Crippen LogP contribution in [0.3, 0.4) is 0 Å². The van der Waals surface area contributed by atoms with Crippen LogP contribution in [0.2, 0.25) is 0 Å². The molecule has 7 heteroatoms. The highest BCUT2D eigenvalue weighted by Crippen LogP contribution is 2.43. The lowest BCUT2D eigenvalue weighted by Crippen LogP contribution is -2.67. The minimum Gasteiger partial charge on any atom is -0.744 e. The molecule has 1 aliphatic carbocycles. The Labute approximate surface area is 323 Å². The van der Waals surface area contributed by atoms with Crippen LogP contribution in [0.25, 0.3) is 10.4 Å². The molecular formula is C47H53N3O3S. The number of nitrogens with zero attached hydrogens (tertiary/aromatic N) is 1. The normalized spacial score (nSPS) is 14.9. The Hall–Kier alpha value is -5.03. The number of benzene rings is 4. The zero-order valence-electron chi connectivity index (χ0n) is 34.0. The number of rotatable bonds is 8. The van der Waals surface area contributed by atoms with Crippen molar-refractivity contribution in [1.82, 2.24) is 0 Å². The highest BCUT2D eigenvalue weighted by Gasteiger charge is 2.27. The molecule has 0 saturated heterocycles. The van der Waals surface area contributed by atoms with Crippen LogP contribution >= 0.6 is 0 Å². The second kappa shape index (κ2) is 15.4. The maximum atomic E-state index is 13.0. The first-order valence-electron chi connectivity index (χ1n) is 18.6. The quantitative estimate of drug-likeness (QED) is 0.139. The van der Waals surface area contributed by atoms with Crippen LogP contribution in [0.15, 0.2) is 76.7 Å². The predicted molar refractivity (Wildman–Crippen MR) is 224 cm³/mol. The van der Waals surface area contributed by atoms with E-state index in [1.807, 2.05) is 24.3 Å². The lowest BCUT2D eigenvalue weighted by Gasteiger charge is -2.24. The van der Waals surface area contributed by atoms with Crippen molar-refractivity contribution in [3.8, 4) is 0 Å². The fraction of sp³-hybridized carbons (Fsp3) is 0.319. The summed E-state index contributed by atoms with van der Waals surface area (Å²) in [5, 5.41) is 3.73. The van der Waals surface area contributed by atoms with E-state index in [1.54, 1.807) is 13.0 Å². The maximum Gasteiger partial charge on any atom is 0.210 e. The van der Waals surface area contributed by atoms with E-state index in [9.17, 15) is 13.0 Å². The lowest BCUT2D eigenvalue weighted by atomic mass is 9.84. The number of nitrogens with one attached hydrogen (secondary N) is 2. The zero-order chi connectivity index (χ0) is 40.0. The van der Waals surface area contributed by atoms with Crippen molar-refractivity contribution in [3.63, 3.8) is 0 Å². The van der Waals surface area contributed by atoms with Crippen molar-refractivity contribution >= 4 is 44.2 Å². The van der Waals surface area contributed by atoms with Crippen molar-refractivity contribution in [2.24, 2.45) is 5.92 Å². The minimum atomic E-state index is -4.97. The summed E-state index contributed by atoms with van der Waals surface area (Å²) in [5.74, 6) is 0.174. The Morgan fingerprint density at radius 3 is 1.98 bits per heavy atom. The van der Waals surface area contributed by atoms with Crippen molar-refractivity contribution < 1.29 is 18.0 Å². The average molecular weight is 740 g/mol. The van der Waals surface area contributed by atoms with E-state index in [4.69, 9.17) is 6.57 Å². The van der Waals surface area contributed by atoms with E-state index in [1.165, 1.54) is 39.4 Å². The molecule has 5 rings (SSSR count). The van der Waals surface area contributed by atoms with E-state index in [2.05, 4.69) is 123 Å². The van der Waals surface area contributed by atoms with Gasteiger partial charge in [-0.1, -0.05) is 51.5 Å². The molecule has 0 unspecified atom stereocenters. The van der Waals surface area contributed by atoms with Gasteiger partial charge in [-0.15, -0.1) is 0 Å². The summed E-state index contributed by atoms with van der Waals surface area (Å²) in [5.41, 5.74) is 18.4. The van der Waals surface area contributed by atoms with Gasteiger partial charge >= 0.3 is 0 Å². The van der Waals surface area contributed by atoms with Crippen molar-refractivity contribution in [2.75, 3.05) is 5.32 Å². The van der Waals surface area contributed by atoms with Crippen LogP contribution in [0.4, 0.5) is 22.7 Å². The predicted octanol–water partition coefficient (Wildman–Crippen LogP) is 10.6. The number of hydrogen-bond donors (Lipinski definition) is 2. The Morgan fingerprint density at radius 1 is 0.759 bits per heavy atom. The molecule has 0 heterocycles. The van der Waals surface area contributed by atoms with E-state index in [-0.39, 0.29) is 23.1 Å². The molecule has 6 nitrogen and oxygen atoms in total. The second-order valence-electron chi connectivity index (χ2n) is 15.5. The molecule has 1 aliphatic rings. The van der Waals surface area contributed by atoms with Crippen molar-refractivity contribution in [3.05, 3.63) is 150 Å².